The first-order valence-electron chi connectivity index (χ1n) is 9.67. The van der Waals surface area contributed by atoms with E-state index in [1.807, 2.05) is 24.3 Å². The largest absolute Gasteiger partial charge is 0.399 e. The van der Waals surface area contributed by atoms with E-state index in [4.69, 9.17) is 5.73 Å². The monoisotopic (exact) mass is 385 g/mol. The Bertz CT molecular complexity index is 1120. The molecule has 1 aliphatic rings. The third kappa shape index (κ3) is 3.47. The molecule has 0 amide bonds. The Balaban J connectivity index is 1.87. The highest BCUT2D eigenvalue weighted by Gasteiger charge is 2.33. The van der Waals surface area contributed by atoms with E-state index in [1.54, 1.807) is 36.4 Å². The molecule has 5 heteroatoms. The maximum Gasteiger partial charge on any atom is 0.196 e. The second-order valence-electron chi connectivity index (χ2n) is 7.64. The van der Waals surface area contributed by atoms with Gasteiger partial charge in [-0.3, -0.25) is 9.59 Å². The highest BCUT2D eigenvalue weighted by molar-refractivity contribution is 6.32. The molecule has 0 unspecified atom stereocenters. The third-order valence-electron chi connectivity index (χ3n) is 4.94. The Morgan fingerprint density at radius 3 is 2.07 bits per heavy atom. The lowest BCUT2D eigenvalue weighted by molar-refractivity contribution is 0.0980. The van der Waals surface area contributed by atoms with Crippen LogP contribution in [-0.4, -0.2) is 18.1 Å². The zero-order valence-corrected chi connectivity index (χ0v) is 16.5. The van der Waals surface area contributed by atoms with Gasteiger partial charge in [0.1, 0.15) is 0 Å². The molecular formula is C24H23N3O2. The van der Waals surface area contributed by atoms with Gasteiger partial charge in [-0.2, -0.15) is 0 Å². The van der Waals surface area contributed by atoms with Crippen LogP contribution in [0, 0.1) is 5.92 Å². The number of hydrogen-bond donors (Lipinski definition) is 3. The molecule has 4 rings (SSSR count). The Kier molecular flexibility index (Phi) is 4.80. The molecule has 0 saturated carbocycles. The second-order valence-corrected chi connectivity index (χ2v) is 7.64. The van der Waals surface area contributed by atoms with Crippen LogP contribution in [0.1, 0.15) is 45.7 Å². The number of ketones is 2. The van der Waals surface area contributed by atoms with Crippen LogP contribution in [0.15, 0.2) is 60.7 Å². The van der Waals surface area contributed by atoms with Crippen molar-refractivity contribution in [2.75, 3.05) is 22.9 Å². The average molecular weight is 385 g/mol. The van der Waals surface area contributed by atoms with Crippen molar-refractivity contribution in [3.63, 3.8) is 0 Å². The molecule has 0 saturated heterocycles. The number of rotatable bonds is 5. The lowest BCUT2D eigenvalue weighted by Crippen LogP contribution is -2.24. The summed E-state index contributed by atoms with van der Waals surface area (Å²) in [5.41, 5.74) is 10.2. The number of nitrogens with one attached hydrogen (secondary N) is 2. The number of nitrogen functional groups attached to an aromatic ring is 1. The van der Waals surface area contributed by atoms with E-state index in [-0.39, 0.29) is 11.6 Å². The Morgan fingerprint density at radius 1 is 0.828 bits per heavy atom. The van der Waals surface area contributed by atoms with Crippen LogP contribution >= 0.6 is 0 Å². The van der Waals surface area contributed by atoms with Gasteiger partial charge in [-0.05, 0) is 36.2 Å². The molecule has 3 aromatic rings. The van der Waals surface area contributed by atoms with E-state index in [2.05, 4.69) is 24.5 Å². The molecule has 0 aliphatic heterocycles. The molecule has 0 radical (unpaired) electrons. The first-order chi connectivity index (χ1) is 14.0. The molecule has 3 aromatic carbocycles. The van der Waals surface area contributed by atoms with E-state index in [9.17, 15) is 9.59 Å². The summed E-state index contributed by atoms with van der Waals surface area (Å²) in [5.74, 6) is 0.102. The molecular weight excluding hydrogens is 362 g/mol. The molecule has 1 aliphatic carbocycles. The zero-order chi connectivity index (χ0) is 20.5. The summed E-state index contributed by atoms with van der Waals surface area (Å²) < 4.78 is 0. The minimum absolute atomic E-state index is 0.141. The summed E-state index contributed by atoms with van der Waals surface area (Å²) in [6.45, 7) is 4.90. The first-order valence-corrected chi connectivity index (χ1v) is 9.67. The number of carbonyl (C=O) groups is 2. The van der Waals surface area contributed by atoms with E-state index < -0.39 is 0 Å². The topological polar surface area (TPSA) is 84.2 Å². The Labute approximate surface area is 169 Å². The SMILES string of the molecule is CC(C)CNc1ccc(Nc2cccc(N)c2)c2c1C(=O)c1ccccc1C2=O. The van der Waals surface area contributed by atoms with Gasteiger partial charge in [-0.15, -0.1) is 0 Å². The summed E-state index contributed by atoms with van der Waals surface area (Å²) >= 11 is 0. The van der Waals surface area contributed by atoms with Crippen LogP contribution in [0.3, 0.4) is 0 Å². The van der Waals surface area contributed by atoms with Gasteiger partial charge in [0.25, 0.3) is 0 Å². The number of fused-ring (bicyclic) bond motifs is 2. The molecule has 0 heterocycles. The standard InChI is InChI=1S/C24H23N3O2/c1-14(2)13-26-19-10-11-20(27-16-7-5-6-15(25)12-16)22-21(19)23(28)17-8-3-4-9-18(17)24(22)29/h3-12,14,26-27H,13,25H2,1-2H3. The van der Waals surface area contributed by atoms with Gasteiger partial charge in [0.2, 0.25) is 0 Å². The van der Waals surface area contributed by atoms with Crippen LogP contribution < -0.4 is 16.4 Å². The number of nitrogens with two attached hydrogens (primary N) is 1. The fraction of sp³-hybridized carbons (Fsp3) is 0.167. The Hall–Kier alpha value is -3.60. The summed E-state index contributed by atoms with van der Waals surface area (Å²) in [6, 6.07) is 18.0. The first kappa shape index (κ1) is 18.7. The van der Waals surface area contributed by atoms with Gasteiger partial charge in [-0.1, -0.05) is 44.2 Å². The zero-order valence-electron chi connectivity index (χ0n) is 16.5. The minimum atomic E-state index is -0.158. The van der Waals surface area contributed by atoms with Crippen molar-refractivity contribution in [3.05, 3.63) is 82.9 Å². The van der Waals surface area contributed by atoms with Crippen molar-refractivity contribution in [1.82, 2.24) is 0 Å². The average Bonchev–Trinajstić information content (AvgIpc) is 2.70. The third-order valence-corrected chi connectivity index (χ3v) is 4.94. The predicted octanol–water partition coefficient (Wildman–Crippen LogP) is 4.86. The number of anilines is 4. The quantitative estimate of drug-likeness (QED) is 0.428. The summed E-state index contributed by atoms with van der Waals surface area (Å²) in [7, 11) is 0. The fourth-order valence-electron chi connectivity index (χ4n) is 3.56. The van der Waals surface area contributed by atoms with E-state index in [0.717, 1.165) is 5.69 Å². The highest BCUT2D eigenvalue weighted by atomic mass is 16.1. The van der Waals surface area contributed by atoms with Crippen molar-refractivity contribution < 1.29 is 9.59 Å². The number of carbonyl (C=O) groups excluding carboxylic acids is 2. The molecule has 0 bridgehead atoms. The molecule has 4 N–H and O–H groups in total. The molecule has 0 aromatic heterocycles. The van der Waals surface area contributed by atoms with E-state index >= 15 is 0 Å². The van der Waals surface area contributed by atoms with Gasteiger partial charge < -0.3 is 16.4 Å². The van der Waals surface area contributed by atoms with Gasteiger partial charge in [-0.25, -0.2) is 0 Å². The fourth-order valence-corrected chi connectivity index (χ4v) is 3.56. The summed E-state index contributed by atoms with van der Waals surface area (Å²) in [6.07, 6.45) is 0. The molecule has 0 spiro atoms. The normalized spacial score (nSPS) is 12.5. The lowest BCUT2D eigenvalue weighted by Gasteiger charge is -2.24. The van der Waals surface area contributed by atoms with Gasteiger partial charge in [0.05, 0.1) is 16.8 Å². The van der Waals surface area contributed by atoms with E-state index in [0.29, 0.717) is 51.8 Å². The number of hydrogen-bond acceptors (Lipinski definition) is 5. The maximum atomic E-state index is 13.4. The smallest absolute Gasteiger partial charge is 0.196 e. The van der Waals surface area contributed by atoms with Gasteiger partial charge in [0, 0.05) is 34.7 Å². The number of benzene rings is 3. The Morgan fingerprint density at radius 2 is 1.45 bits per heavy atom. The molecule has 0 atom stereocenters. The second kappa shape index (κ2) is 7.43. The highest BCUT2D eigenvalue weighted by Crippen LogP contribution is 2.37. The predicted molar refractivity (Wildman–Crippen MR) is 117 cm³/mol. The lowest BCUT2D eigenvalue weighted by atomic mass is 9.82. The van der Waals surface area contributed by atoms with Crippen LogP contribution in [0.2, 0.25) is 0 Å². The van der Waals surface area contributed by atoms with Crippen molar-refractivity contribution in [2.24, 2.45) is 5.92 Å². The van der Waals surface area contributed by atoms with Gasteiger partial charge in [0.15, 0.2) is 11.6 Å². The summed E-state index contributed by atoms with van der Waals surface area (Å²) in [5, 5.41) is 6.60. The molecule has 5 nitrogen and oxygen atoms in total. The summed E-state index contributed by atoms with van der Waals surface area (Å²) in [4.78, 5) is 26.7. The molecule has 146 valence electrons. The van der Waals surface area contributed by atoms with E-state index in [1.165, 1.54) is 0 Å². The van der Waals surface area contributed by atoms with Crippen LogP contribution in [0.4, 0.5) is 22.7 Å². The molecule has 0 fully saturated rings. The van der Waals surface area contributed by atoms with Crippen molar-refractivity contribution in [1.29, 1.82) is 0 Å². The van der Waals surface area contributed by atoms with Crippen LogP contribution in [-0.2, 0) is 0 Å². The minimum Gasteiger partial charge on any atom is -0.399 e. The maximum absolute atomic E-state index is 13.4. The van der Waals surface area contributed by atoms with Crippen molar-refractivity contribution >= 4 is 34.3 Å². The van der Waals surface area contributed by atoms with Gasteiger partial charge >= 0.3 is 0 Å². The van der Waals surface area contributed by atoms with Crippen LogP contribution in [0.5, 0.6) is 0 Å². The van der Waals surface area contributed by atoms with Crippen LogP contribution in [0.25, 0.3) is 0 Å². The van der Waals surface area contributed by atoms with Crippen molar-refractivity contribution in [2.45, 2.75) is 13.8 Å². The molecule has 29 heavy (non-hydrogen) atoms. The van der Waals surface area contributed by atoms with Crippen molar-refractivity contribution in [3.8, 4) is 0 Å².